The fourth-order valence-corrected chi connectivity index (χ4v) is 2.33. The van der Waals surface area contributed by atoms with Gasteiger partial charge in [0.1, 0.15) is 5.82 Å². The zero-order valence-electron chi connectivity index (χ0n) is 9.61. The van der Waals surface area contributed by atoms with Crippen LogP contribution in [0, 0.1) is 33.5 Å². The van der Waals surface area contributed by atoms with Gasteiger partial charge in [-0.25, -0.2) is 4.39 Å². The molecule has 0 heterocycles. The van der Waals surface area contributed by atoms with E-state index in [-0.39, 0.29) is 5.82 Å². The highest BCUT2D eigenvalue weighted by Gasteiger charge is 2.09. The van der Waals surface area contributed by atoms with Crippen molar-refractivity contribution in [3.63, 3.8) is 0 Å². The molecule has 0 saturated carbocycles. The van der Waals surface area contributed by atoms with E-state index in [9.17, 15) is 4.39 Å². The maximum absolute atomic E-state index is 13.7. The molecule has 2 aromatic rings. The molecule has 0 N–H and O–H groups in total. The number of rotatable bonds is 0. The molecule has 0 unspecified atom stereocenters. The molecule has 0 spiro atoms. The highest BCUT2D eigenvalue weighted by atomic mass is 19.1. The van der Waals surface area contributed by atoms with Gasteiger partial charge >= 0.3 is 0 Å². The summed E-state index contributed by atoms with van der Waals surface area (Å²) in [7, 11) is 0. The first kappa shape index (κ1) is 10.2. The quantitative estimate of drug-likeness (QED) is 0.600. The van der Waals surface area contributed by atoms with Crippen LogP contribution in [0.15, 0.2) is 18.2 Å². The summed E-state index contributed by atoms with van der Waals surface area (Å²) in [5, 5.41) is 2.20. The maximum Gasteiger partial charge on any atom is 0.129 e. The Labute approximate surface area is 89.7 Å². The van der Waals surface area contributed by atoms with E-state index in [1.165, 1.54) is 5.56 Å². The molecule has 0 aliphatic heterocycles. The molecule has 0 nitrogen and oxygen atoms in total. The van der Waals surface area contributed by atoms with Crippen LogP contribution in [0.1, 0.15) is 22.3 Å². The normalized spacial score (nSPS) is 11.0. The summed E-state index contributed by atoms with van der Waals surface area (Å²) in [6, 6.07) is 6.14. The molecule has 0 aliphatic rings. The van der Waals surface area contributed by atoms with Gasteiger partial charge in [0.25, 0.3) is 0 Å². The van der Waals surface area contributed by atoms with Gasteiger partial charge in [-0.2, -0.15) is 0 Å². The van der Waals surface area contributed by atoms with Crippen molar-refractivity contribution in [1.29, 1.82) is 0 Å². The third-order valence-electron chi connectivity index (χ3n) is 2.93. The highest BCUT2D eigenvalue weighted by molar-refractivity contribution is 5.90. The number of benzene rings is 2. The monoisotopic (exact) mass is 202 g/mol. The SMILES string of the molecule is Cc1cc(C)c2c(C)c(F)c(C)cc2c1. The van der Waals surface area contributed by atoms with Gasteiger partial charge in [-0.3, -0.25) is 0 Å². The Hall–Kier alpha value is -1.37. The largest absolute Gasteiger partial charge is 0.206 e. The van der Waals surface area contributed by atoms with Gasteiger partial charge in [-0.1, -0.05) is 17.7 Å². The van der Waals surface area contributed by atoms with E-state index >= 15 is 0 Å². The third-order valence-corrected chi connectivity index (χ3v) is 2.93. The lowest BCUT2D eigenvalue weighted by molar-refractivity contribution is 0.612. The van der Waals surface area contributed by atoms with Crippen molar-refractivity contribution in [3.8, 4) is 0 Å². The highest BCUT2D eigenvalue weighted by Crippen LogP contribution is 2.27. The molecule has 2 aromatic carbocycles. The van der Waals surface area contributed by atoms with E-state index in [1.54, 1.807) is 0 Å². The van der Waals surface area contributed by atoms with Crippen LogP contribution < -0.4 is 0 Å². The molecule has 0 amide bonds. The van der Waals surface area contributed by atoms with Gasteiger partial charge in [0, 0.05) is 0 Å². The minimum atomic E-state index is -0.0746. The molecule has 0 bridgehead atoms. The second-order valence-corrected chi connectivity index (χ2v) is 4.31. The molecular weight excluding hydrogens is 187 g/mol. The molecule has 78 valence electrons. The summed E-state index contributed by atoms with van der Waals surface area (Å²) in [6.07, 6.45) is 0. The molecular formula is C14H15F. The summed E-state index contributed by atoms with van der Waals surface area (Å²) < 4.78 is 13.7. The summed E-state index contributed by atoms with van der Waals surface area (Å²) in [6.45, 7) is 7.78. The van der Waals surface area contributed by atoms with Gasteiger partial charge in [0.2, 0.25) is 0 Å². The topological polar surface area (TPSA) is 0 Å². The zero-order valence-corrected chi connectivity index (χ0v) is 9.61. The fourth-order valence-electron chi connectivity index (χ4n) is 2.33. The van der Waals surface area contributed by atoms with E-state index in [1.807, 2.05) is 26.8 Å². The summed E-state index contributed by atoms with van der Waals surface area (Å²) in [5.74, 6) is -0.0746. The zero-order chi connectivity index (χ0) is 11.2. The molecule has 0 aliphatic carbocycles. The van der Waals surface area contributed by atoms with E-state index in [0.29, 0.717) is 0 Å². The van der Waals surface area contributed by atoms with E-state index in [0.717, 1.165) is 27.5 Å². The molecule has 0 aromatic heterocycles. The maximum atomic E-state index is 13.7. The van der Waals surface area contributed by atoms with Crippen LogP contribution in [0.25, 0.3) is 10.8 Å². The molecule has 1 heteroatoms. The van der Waals surface area contributed by atoms with E-state index in [2.05, 4.69) is 19.1 Å². The van der Waals surface area contributed by atoms with Gasteiger partial charge in [-0.15, -0.1) is 0 Å². The Morgan fingerprint density at radius 3 is 2.20 bits per heavy atom. The van der Waals surface area contributed by atoms with Crippen molar-refractivity contribution >= 4 is 10.8 Å². The smallest absolute Gasteiger partial charge is 0.129 e. The first-order valence-corrected chi connectivity index (χ1v) is 5.17. The average molecular weight is 202 g/mol. The Kier molecular flexibility index (Phi) is 2.26. The molecule has 15 heavy (non-hydrogen) atoms. The van der Waals surface area contributed by atoms with Gasteiger partial charge in [-0.05, 0) is 61.2 Å². The van der Waals surface area contributed by atoms with E-state index in [4.69, 9.17) is 0 Å². The Balaban J connectivity index is 2.99. The lowest BCUT2D eigenvalue weighted by Gasteiger charge is -2.10. The van der Waals surface area contributed by atoms with Crippen LogP contribution >= 0.6 is 0 Å². The lowest BCUT2D eigenvalue weighted by atomic mass is 9.96. The van der Waals surface area contributed by atoms with Crippen molar-refractivity contribution in [1.82, 2.24) is 0 Å². The van der Waals surface area contributed by atoms with E-state index < -0.39 is 0 Å². The molecule has 0 saturated heterocycles. The minimum Gasteiger partial charge on any atom is -0.206 e. The predicted molar refractivity (Wildman–Crippen MR) is 62.9 cm³/mol. The van der Waals surface area contributed by atoms with Gasteiger partial charge in [0.15, 0.2) is 0 Å². The second kappa shape index (κ2) is 3.34. The van der Waals surface area contributed by atoms with Crippen molar-refractivity contribution in [2.24, 2.45) is 0 Å². The number of hydrogen-bond donors (Lipinski definition) is 0. The second-order valence-electron chi connectivity index (χ2n) is 4.31. The number of aryl methyl sites for hydroxylation is 4. The summed E-state index contributed by atoms with van der Waals surface area (Å²) >= 11 is 0. The predicted octanol–water partition coefficient (Wildman–Crippen LogP) is 4.21. The molecule has 0 atom stereocenters. The van der Waals surface area contributed by atoms with Crippen LogP contribution in [-0.2, 0) is 0 Å². The van der Waals surface area contributed by atoms with Crippen molar-refractivity contribution in [2.75, 3.05) is 0 Å². The van der Waals surface area contributed by atoms with Gasteiger partial charge < -0.3 is 0 Å². The third kappa shape index (κ3) is 1.52. The Morgan fingerprint density at radius 1 is 0.867 bits per heavy atom. The van der Waals surface area contributed by atoms with Crippen molar-refractivity contribution in [3.05, 3.63) is 46.3 Å². The fraction of sp³-hybridized carbons (Fsp3) is 0.286. The van der Waals surface area contributed by atoms with Crippen LogP contribution in [0.2, 0.25) is 0 Å². The number of hydrogen-bond acceptors (Lipinski definition) is 0. The summed E-state index contributed by atoms with van der Waals surface area (Å²) in [5.41, 5.74) is 3.87. The molecule has 2 rings (SSSR count). The lowest BCUT2D eigenvalue weighted by Crippen LogP contribution is -1.92. The minimum absolute atomic E-state index is 0.0746. The first-order valence-electron chi connectivity index (χ1n) is 5.17. The Bertz CT molecular complexity index is 539. The van der Waals surface area contributed by atoms with Crippen molar-refractivity contribution in [2.45, 2.75) is 27.7 Å². The average Bonchev–Trinajstić information content (AvgIpc) is 2.13. The van der Waals surface area contributed by atoms with Gasteiger partial charge in [0.05, 0.1) is 0 Å². The summed E-state index contributed by atoms with van der Waals surface area (Å²) in [4.78, 5) is 0. The molecule has 0 radical (unpaired) electrons. The van der Waals surface area contributed by atoms with Crippen LogP contribution in [0.4, 0.5) is 4.39 Å². The number of halogens is 1. The van der Waals surface area contributed by atoms with Crippen LogP contribution in [0.3, 0.4) is 0 Å². The molecule has 0 fully saturated rings. The standard InChI is InChI=1S/C14H15F/c1-8-5-9(2)13-11(4)14(15)10(3)7-12(13)6-8/h5-7H,1-4H3. The van der Waals surface area contributed by atoms with Crippen LogP contribution in [0.5, 0.6) is 0 Å². The number of fused-ring (bicyclic) bond motifs is 1. The first-order chi connectivity index (χ1) is 7.00. The van der Waals surface area contributed by atoms with Crippen molar-refractivity contribution < 1.29 is 4.39 Å². The van der Waals surface area contributed by atoms with Crippen LogP contribution in [-0.4, -0.2) is 0 Å². The Morgan fingerprint density at radius 2 is 1.53 bits per heavy atom.